The maximum absolute atomic E-state index is 6.23. The molecule has 2 heterocycles. The van der Waals surface area contributed by atoms with Crippen LogP contribution in [0.15, 0.2) is 57.5 Å². The largest absolute Gasteiger partial charge is 0.463 e. The Kier molecular flexibility index (Phi) is 5.00. The van der Waals surface area contributed by atoms with Gasteiger partial charge in [0.1, 0.15) is 0 Å². The van der Waals surface area contributed by atoms with Crippen molar-refractivity contribution >= 4 is 28.6 Å². The second-order valence-corrected chi connectivity index (χ2v) is 6.36. The molecule has 0 bridgehead atoms. The van der Waals surface area contributed by atoms with Gasteiger partial charge in [0.05, 0.1) is 35.3 Å². The Morgan fingerprint density at radius 2 is 2.13 bits per heavy atom. The van der Waals surface area contributed by atoms with Gasteiger partial charge in [0.2, 0.25) is 0 Å². The van der Waals surface area contributed by atoms with Crippen LogP contribution in [0.2, 0.25) is 5.02 Å². The molecule has 0 aliphatic heterocycles. The van der Waals surface area contributed by atoms with Gasteiger partial charge in [-0.15, -0.1) is 11.3 Å². The number of para-hydroxylation sites is 1. The van der Waals surface area contributed by atoms with Crippen LogP contribution in [-0.4, -0.2) is 18.3 Å². The standard InChI is InChI=1S/C17H17ClN2O2S/c1-12(10-21-2)20-15(16-8-5-9-22-16)11-23-17(20)19-14-7-4-3-6-13(14)18/h3-9,11-12H,10H2,1-2H3. The summed E-state index contributed by atoms with van der Waals surface area (Å²) in [6.07, 6.45) is 1.67. The van der Waals surface area contributed by atoms with E-state index in [-0.39, 0.29) is 6.04 Å². The minimum atomic E-state index is 0.118. The van der Waals surface area contributed by atoms with Crippen molar-refractivity contribution in [3.63, 3.8) is 0 Å². The van der Waals surface area contributed by atoms with E-state index < -0.39 is 0 Å². The fourth-order valence-electron chi connectivity index (χ4n) is 2.39. The Bertz CT molecular complexity index is 836. The van der Waals surface area contributed by atoms with Crippen molar-refractivity contribution in [1.82, 2.24) is 4.57 Å². The Labute approximate surface area is 143 Å². The highest BCUT2D eigenvalue weighted by molar-refractivity contribution is 7.07. The highest BCUT2D eigenvalue weighted by atomic mass is 35.5. The number of benzene rings is 1. The van der Waals surface area contributed by atoms with Crippen molar-refractivity contribution in [1.29, 1.82) is 0 Å². The lowest BCUT2D eigenvalue weighted by Crippen LogP contribution is -2.22. The van der Waals surface area contributed by atoms with Crippen LogP contribution in [0.3, 0.4) is 0 Å². The van der Waals surface area contributed by atoms with Gasteiger partial charge in [-0.05, 0) is 31.2 Å². The smallest absolute Gasteiger partial charge is 0.190 e. The molecule has 4 nitrogen and oxygen atoms in total. The molecule has 1 aromatic carbocycles. The minimum absolute atomic E-state index is 0.118. The van der Waals surface area contributed by atoms with Gasteiger partial charge in [-0.3, -0.25) is 0 Å². The van der Waals surface area contributed by atoms with Crippen LogP contribution in [0.5, 0.6) is 0 Å². The van der Waals surface area contributed by atoms with E-state index >= 15 is 0 Å². The van der Waals surface area contributed by atoms with Crippen LogP contribution >= 0.6 is 22.9 Å². The quantitative estimate of drug-likeness (QED) is 0.657. The highest BCUT2D eigenvalue weighted by Gasteiger charge is 2.16. The predicted molar refractivity (Wildman–Crippen MR) is 93.3 cm³/mol. The SMILES string of the molecule is COCC(C)n1c(-c2ccco2)csc1=Nc1ccccc1Cl. The van der Waals surface area contributed by atoms with Gasteiger partial charge < -0.3 is 13.7 Å². The molecule has 0 aliphatic rings. The average molecular weight is 349 g/mol. The third kappa shape index (κ3) is 3.42. The summed E-state index contributed by atoms with van der Waals surface area (Å²) in [6.45, 7) is 2.68. The maximum Gasteiger partial charge on any atom is 0.190 e. The first kappa shape index (κ1) is 16.1. The van der Waals surface area contributed by atoms with E-state index in [0.717, 1.165) is 21.9 Å². The third-order valence-corrected chi connectivity index (χ3v) is 4.59. The summed E-state index contributed by atoms with van der Waals surface area (Å²) in [7, 11) is 1.70. The van der Waals surface area contributed by atoms with E-state index in [1.165, 1.54) is 0 Å². The van der Waals surface area contributed by atoms with E-state index in [0.29, 0.717) is 11.6 Å². The molecule has 0 radical (unpaired) electrons. The summed E-state index contributed by atoms with van der Waals surface area (Å²) < 4.78 is 13.0. The van der Waals surface area contributed by atoms with Crippen molar-refractivity contribution in [2.24, 2.45) is 4.99 Å². The van der Waals surface area contributed by atoms with Crippen LogP contribution in [0, 0.1) is 0 Å². The number of aromatic nitrogens is 1. The molecule has 1 unspecified atom stereocenters. The zero-order valence-corrected chi connectivity index (χ0v) is 14.5. The van der Waals surface area contributed by atoms with Gasteiger partial charge in [-0.25, -0.2) is 4.99 Å². The van der Waals surface area contributed by atoms with E-state index in [4.69, 9.17) is 25.7 Å². The fourth-order valence-corrected chi connectivity index (χ4v) is 3.56. The summed E-state index contributed by atoms with van der Waals surface area (Å²) in [5, 5.41) is 2.67. The number of ether oxygens (including phenoxy) is 1. The Hall–Kier alpha value is -1.82. The molecule has 2 aromatic heterocycles. The second kappa shape index (κ2) is 7.17. The summed E-state index contributed by atoms with van der Waals surface area (Å²) >= 11 is 7.79. The Balaban J connectivity index is 2.16. The van der Waals surface area contributed by atoms with Gasteiger partial charge in [-0.1, -0.05) is 23.7 Å². The zero-order valence-electron chi connectivity index (χ0n) is 12.9. The molecule has 0 N–H and O–H groups in total. The number of thiazole rings is 1. The molecular weight excluding hydrogens is 332 g/mol. The Morgan fingerprint density at radius 3 is 2.83 bits per heavy atom. The van der Waals surface area contributed by atoms with Crippen LogP contribution in [0.25, 0.3) is 11.5 Å². The molecular formula is C17H17ClN2O2S. The van der Waals surface area contributed by atoms with Gasteiger partial charge in [0, 0.05) is 12.5 Å². The van der Waals surface area contributed by atoms with E-state index in [1.807, 2.05) is 41.8 Å². The lowest BCUT2D eigenvalue weighted by molar-refractivity contribution is 0.161. The molecule has 0 fully saturated rings. The molecule has 3 aromatic rings. The Morgan fingerprint density at radius 1 is 1.30 bits per heavy atom. The second-order valence-electron chi connectivity index (χ2n) is 5.12. The minimum Gasteiger partial charge on any atom is -0.463 e. The number of nitrogens with zero attached hydrogens (tertiary/aromatic N) is 2. The van der Waals surface area contributed by atoms with Crippen LogP contribution in [-0.2, 0) is 4.74 Å². The molecule has 6 heteroatoms. The molecule has 3 rings (SSSR count). The maximum atomic E-state index is 6.23. The number of hydrogen-bond acceptors (Lipinski definition) is 4. The summed E-state index contributed by atoms with van der Waals surface area (Å²) in [5.74, 6) is 0.810. The summed E-state index contributed by atoms with van der Waals surface area (Å²) in [6, 6.07) is 11.5. The fraction of sp³-hybridized carbons (Fsp3) is 0.235. The molecule has 0 amide bonds. The molecule has 0 spiro atoms. The monoisotopic (exact) mass is 348 g/mol. The van der Waals surface area contributed by atoms with Crippen molar-refractivity contribution in [3.8, 4) is 11.5 Å². The van der Waals surface area contributed by atoms with Crippen molar-refractivity contribution in [3.05, 3.63) is 57.9 Å². The zero-order chi connectivity index (χ0) is 16.2. The molecule has 1 atom stereocenters. The first-order chi connectivity index (χ1) is 11.2. The topological polar surface area (TPSA) is 39.7 Å². The summed E-state index contributed by atoms with van der Waals surface area (Å²) in [4.78, 5) is 5.58. The van der Waals surface area contributed by atoms with Crippen molar-refractivity contribution in [2.75, 3.05) is 13.7 Å². The number of halogens is 1. The first-order valence-corrected chi connectivity index (χ1v) is 8.48. The number of methoxy groups -OCH3 is 1. The van der Waals surface area contributed by atoms with Crippen molar-refractivity contribution < 1.29 is 9.15 Å². The normalized spacial score (nSPS) is 13.4. The average Bonchev–Trinajstić information content (AvgIpc) is 3.19. The predicted octanol–water partition coefficient (Wildman–Crippen LogP) is 4.90. The molecule has 0 aliphatic carbocycles. The number of hydrogen-bond donors (Lipinski definition) is 0. The first-order valence-electron chi connectivity index (χ1n) is 7.23. The van der Waals surface area contributed by atoms with Crippen LogP contribution in [0.1, 0.15) is 13.0 Å². The molecule has 0 saturated heterocycles. The number of rotatable bonds is 5. The van der Waals surface area contributed by atoms with Gasteiger partial charge >= 0.3 is 0 Å². The molecule has 23 heavy (non-hydrogen) atoms. The van der Waals surface area contributed by atoms with Crippen molar-refractivity contribution in [2.45, 2.75) is 13.0 Å². The third-order valence-electron chi connectivity index (χ3n) is 3.43. The molecule has 0 saturated carbocycles. The van der Waals surface area contributed by atoms with Gasteiger partial charge in [-0.2, -0.15) is 0 Å². The number of furan rings is 1. The summed E-state index contributed by atoms with van der Waals surface area (Å²) in [5.41, 5.74) is 1.73. The lowest BCUT2D eigenvalue weighted by Gasteiger charge is -2.15. The van der Waals surface area contributed by atoms with E-state index in [2.05, 4.69) is 11.5 Å². The van der Waals surface area contributed by atoms with E-state index in [9.17, 15) is 0 Å². The van der Waals surface area contributed by atoms with Crippen LogP contribution in [0.4, 0.5) is 5.69 Å². The highest BCUT2D eigenvalue weighted by Crippen LogP contribution is 2.26. The van der Waals surface area contributed by atoms with Gasteiger partial charge in [0.25, 0.3) is 0 Å². The lowest BCUT2D eigenvalue weighted by atomic mass is 10.3. The van der Waals surface area contributed by atoms with Gasteiger partial charge in [0.15, 0.2) is 10.6 Å². The molecule has 120 valence electrons. The van der Waals surface area contributed by atoms with Crippen LogP contribution < -0.4 is 4.80 Å². The van der Waals surface area contributed by atoms with E-state index in [1.54, 1.807) is 24.7 Å².